The summed E-state index contributed by atoms with van der Waals surface area (Å²) in [5, 5.41) is 20.3. The molecule has 1 aromatic rings. The van der Waals surface area contributed by atoms with E-state index in [1.165, 1.54) is 28.8 Å². The Labute approximate surface area is 131 Å². The van der Waals surface area contributed by atoms with Gasteiger partial charge in [-0.05, 0) is 31.7 Å². The summed E-state index contributed by atoms with van der Waals surface area (Å²) in [4.78, 5) is 36.1. The van der Waals surface area contributed by atoms with Gasteiger partial charge in [-0.25, -0.2) is 0 Å². The lowest BCUT2D eigenvalue weighted by molar-refractivity contribution is -0.387. The highest BCUT2D eigenvalue weighted by atomic mass is 32.2. The average molecular weight is 324 g/mol. The summed E-state index contributed by atoms with van der Waals surface area (Å²) in [7, 11) is 0. The zero-order valence-corrected chi connectivity index (χ0v) is 13.1. The molecule has 1 saturated heterocycles. The largest absolute Gasteiger partial charge is 0.481 e. The molecule has 0 spiro atoms. The van der Waals surface area contributed by atoms with Crippen LogP contribution in [0.15, 0.2) is 23.1 Å². The zero-order chi connectivity index (χ0) is 16.5. The normalized spacial score (nSPS) is 20.9. The van der Waals surface area contributed by atoms with Crippen LogP contribution in [-0.2, 0) is 4.79 Å². The lowest BCUT2D eigenvalue weighted by Gasteiger charge is -2.20. The van der Waals surface area contributed by atoms with Gasteiger partial charge in [-0.3, -0.25) is 19.7 Å². The van der Waals surface area contributed by atoms with Gasteiger partial charge in [0.15, 0.2) is 0 Å². The van der Waals surface area contributed by atoms with Crippen LogP contribution in [-0.4, -0.2) is 46.2 Å². The quantitative estimate of drug-likeness (QED) is 0.518. The number of benzene rings is 1. The Morgan fingerprint density at radius 3 is 2.64 bits per heavy atom. The third kappa shape index (κ3) is 2.92. The van der Waals surface area contributed by atoms with Crippen molar-refractivity contribution in [2.75, 3.05) is 19.3 Å². The molecule has 0 radical (unpaired) electrons. The molecule has 118 valence electrons. The SMILES string of the molecule is CSc1ccc(C(=O)N2CCC(C)(C(=O)O)C2)cc1[N+](=O)[O-]. The highest BCUT2D eigenvalue weighted by Crippen LogP contribution is 2.33. The number of hydrogen-bond donors (Lipinski definition) is 1. The summed E-state index contributed by atoms with van der Waals surface area (Å²) in [6, 6.07) is 4.34. The molecule has 1 N–H and O–H groups in total. The second-order valence-electron chi connectivity index (χ2n) is 5.49. The van der Waals surface area contributed by atoms with Crippen molar-refractivity contribution in [3.05, 3.63) is 33.9 Å². The minimum absolute atomic E-state index is 0.110. The van der Waals surface area contributed by atoms with Gasteiger partial charge in [0.2, 0.25) is 0 Å². The summed E-state index contributed by atoms with van der Waals surface area (Å²) >= 11 is 1.24. The fourth-order valence-electron chi connectivity index (χ4n) is 2.46. The highest BCUT2D eigenvalue weighted by molar-refractivity contribution is 7.98. The Hall–Kier alpha value is -2.09. The molecule has 1 amide bonds. The van der Waals surface area contributed by atoms with Gasteiger partial charge in [0.25, 0.3) is 11.6 Å². The molecule has 1 aliphatic heterocycles. The Balaban J connectivity index is 2.26. The van der Waals surface area contributed by atoms with Gasteiger partial charge >= 0.3 is 5.97 Å². The van der Waals surface area contributed by atoms with E-state index in [1.807, 2.05) is 0 Å². The van der Waals surface area contributed by atoms with Gasteiger partial charge in [-0.2, -0.15) is 0 Å². The van der Waals surface area contributed by atoms with Crippen molar-refractivity contribution in [2.45, 2.75) is 18.2 Å². The van der Waals surface area contributed by atoms with Gasteiger partial charge in [0, 0.05) is 24.7 Å². The number of carbonyl (C=O) groups excluding carboxylic acids is 1. The van der Waals surface area contributed by atoms with E-state index in [4.69, 9.17) is 0 Å². The van der Waals surface area contributed by atoms with Crippen molar-refractivity contribution in [1.29, 1.82) is 0 Å². The van der Waals surface area contributed by atoms with Gasteiger partial charge < -0.3 is 10.0 Å². The van der Waals surface area contributed by atoms with E-state index in [0.29, 0.717) is 17.9 Å². The van der Waals surface area contributed by atoms with Crippen molar-refractivity contribution in [3.8, 4) is 0 Å². The molecule has 0 saturated carbocycles. The maximum atomic E-state index is 12.4. The van der Waals surface area contributed by atoms with E-state index < -0.39 is 16.3 Å². The van der Waals surface area contributed by atoms with E-state index in [2.05, 4.69) is 0 Å². The highest BCUT2D eigenvalue weighted by Gasteiger charge is 2.42. The number of carboxylic acid groups (broad SMARTS) is 1. The molecule has 1 unspecified atom stereocenters. The molecule has 1 fully saturated rings. The minimum atomic E-state index is -0.958. The number of nitro benzene ring substituents is 1. The first-order chi connectivity index (χ1) is 10.3. The number of hydrogen-bond acceptors (Lipinski definition) is 5. The van der Waals surface area contributed by atoms with Gasteiger partial charge in [0.1, 0.15) is 0 Å². The summed E-state index contributed by atoms with van der Waals surface area (Å²) in [6.45, 7) is 2.04. The molecule has 0 aromatic heterocycles. The van der Waals surface area contributed by atoms with E-state index in [9.17, 15) is 24.8 Å². The number of likely N-dealkylation sites (tertiary alicyclic amines) is 1. The third-order valence-electron chi connectivity index (χ3n) is 3.90. The number of amides is 1. The van der Waals surface area contributed by atoms with Gasteiger partial charge in [0.05, 0.1) is 15.2 Å². The van der Waals surface area contributed by atoms with Crippen LogP contribution in [0.2, 0.25) is 0 Å². The van der Waals surface area contributed by atoms with Crippen LogP contribution in [0, 0.1) is 15.5 Å². The first-order valence-electron chi connectivity index (χ1n) is 6.63. The second kappa shape index (κ2) is 5.96. The number of nitrogens with zero attached hydrogens (tertiary/aromatic N) is 2. The van der Waals surface area contributed by atoms with Crippen molar-refractivity contribution < 1.29 is 19.6 Å². The number of carbonyl (C=O) groups is 2. The summed E-state index contributed by atoms with van der Waals surface area (Å²) in [6.07, 6.45) is 2.10. The Morgan fingerprint density at radius 2 is 2.14 bits per heavy atom. The molecule has 1 aliphatic rings. The smallest absolute Gasteiger partial charge is 0.311 e. The van der Waals surface area contributed by atoms with Crippen molar-refractivity contribution in [1.82, 2.24) is 4.90 Å². The maximum absolute atomic E-state index is 12.4. The van der Waals surface area contributed by atoms with E-state index in [-0.39, 0.29) is 23.7 Å². The van der Waals surface area contributed by atoms with E-state index >= 15 is 0 Å². The lowest BCUT2D eigenvalue weighted by atomic mass is 9.90. The molecule has 7 nitrogen and oxygen atoms in total. The Bertz CT molecular complexity index is 648. The minimum Gasteiger partial charge on any atom is -0.481 e. The molecule has 8 heteroatoms. The first kappa shape index (κ1) is 16.3. The van der Waals surface area contributed by atoms with Gasteiger partial charge in [-0.1, -0.05) is 0 Å². The second-order valence-corrected chi connectivity index (χ2v) is 6.33. The first-order valence-corrected chi connectivity index (χ1v) is 7.86. The lowest BCUT2D eigenvalue weighted by Crippen LogP contribution is -2.34. The standard InChI is InChI=1S/C14H16N2O5S/c1-14(13(18)19)5-6-15(8-14)12(17)9-3-4-11(22-2)10(7-9)16(20)21/h3-4,7H,5-6,8H2,1-2H3,(H,18,19). The van der Waals surface area contributed by atoms with Gasteiger partial charge in [-0.15, -0.1) is 11.8 Å². The van der Waals surface area contributed by atoms with Crippen LogP contribution in [0.25, 0.3) is 0 Å². The number of thioether (sulfide) groups is 1. The summed E-state index contributed by atoms with van der Waals surface area (Å²) < 4.78 is 0. The predicted octanol–water partition coefficient (Wildman–Crippen LogP) is 2.25. The fraction of sp³-hybridized carbons (Fsp3) is 0.429. The van der Waals surface area contributed by atoms with Crippen LogP contribution in [0.4, 0.5) is 5.69 Å². The average Bonchev–Trinajstić information content (AvgIpc) is 2.89. The van der Waals surface area contributed by atoms with Crippen LogP contribution in [0.5, 0.6) is 0 Å². The number of carboxylic acids is 1. The number of aliphatic carboxylic acids is 1. The molecule has 22 heavy (non-hydrogen) atoms. The molecular weight excluding hydrogens is 308 g/mol. The third-order valence-corrected chi connectivity index (χ3v) is 4.68. The van der Waals surface area contributed by atoms with Crippen LogP contribution in [0.3, 0.4) is 0 Å². The molecule has 1 heterocycles. The number of nitro groups is 1. The summed E-state index contributed by atoms with van der Waals surface area (Å²) in [5.41, 5.74) is -0.862. The number of rotatable bonds is 4. The molecule has 1 aromatic carbocycles. The summed E-state index contributed by atoms with van der Waals surface area (Å²) in [5.74, 6) is -1.31. The monoisotopic (exact) mass is 324 g/mol. The van der Waals surface area contributed by atoms with Crippen molar-refractivity contribution in [2.24, 2.45) is 5.41 Å². The molecule has 0 aliphatic carbocycles. The predicted molar refractivity (Wildman–Crippen MR) is 81.1 cm³/mol. The fourth-order valence-corrected chi connectivity index (χ4v) is 3.00. The maximum Gasteiger partial charge on any atom is 0.311 e. The van der Waals surface area contributed by atoms with Crippen LogP contribution in [0.1, 0.15) is 23.7 Å². The van der Waals surface area contributed by atoms with Crippen LogP contribution >= 0.6 is 11.8 Å². The van der Waals surface area contributed by atoms with E-state index in [1.54, 1.807) is 19.2 Å². The molecular formula is C14H16N2O5S. The van der Waals surface area contributed by atoms with E-state index in [0.717, 1.165) is 0 Å². The van der Waals surface area contributed by atoms with Crippen LogP contribution < -0.4 is 0 Å². The topological polar surface area (TPSA) is 101 Å². The van der Waals surface area contributed by atoms with Crippen molar-refractivity contribution in [3.63, 3.8) is 0 Å². The molecule has 1 atom stereocenters. The van der Waals surface area contributed by atoms with Crippen molar-refractivity contribution >= 4 is 29.3 Å². The Kier molecular flexibility index (Phi) is 4.41. The Morgan fingerprint density at radius 1 is 1.45 bits per heavy atom. The molecule has 0 bridgehead atoms. The molecule has 2 rings (SSSR count). The zero-order valence-electron chi connectivity index (χ0n) is 12.2.